The van der Waals surface area contributed by atoms with E-state index in [1.807, 2.05) is 24.3 Å². The Morgan fingerprint density at radius 1 is 1.12 bits per heavy atom. The molecule has 0 unspecified atom stereocenters. The third-order valence-electron chi connectivity index (χ3n) is 4.09. The van der Waals surface area contributed by atoms with E-state index in [0.717, 1.165) is 26.9 Å². The van der Waals surface area contributed by atoms with E-state index in [9.17, 15) is 9.90 Å². The van der Waals surface area contributed by atoms with E-state index in [1.54, 1.807) is 37.1 Å². The molecular formula is C19H14N2O3S. The Hall–Kier alpha value is -2.86. The topological polar surface area (TPSA) is 76.2 Å². The number of para-hydroxylation sites is 1. The number of fused-ring (bicyclic) bond motifs is 2. The number of nitrogens with zero attached hydrogens (tertiary/aromatic N) is 2. The van der Waals surface area contributed by atoms with E-state index in [-0.39, 0.29) is 5.75 Å². The van der Waals surface area contributed by atoms with Crippen LogP contribution in [0.4, 0.5) is 0 Å². The Kier molecular flexibility index (Phi) is 3.89. The van der Waals surface area contributed by atoms with E-state index in [1.165, 1.54) is 6.07 Å². The van der Waals surface area contributed by atoms with Crippen LogP contribution >= 0.6 is 11.8 Å². The largest absolute Gasteiger partial charge is 0.508 e. The van der Waals surface area contributed by atoms with Crippen LogP contribution in [0.2, 0.25) is 0 Å². The van der Waals surface area contributed by atoms with Gasteiger partial charge in [-0.1, -0.05) is 18.2 Å². The lowest BCUT2D eigenvalue weighted by atomic mass is 10.1. The van der Waals surface area contributed by atoms with Gasteiger partial charge in [0.2, 0.25) is 0 Å². The normalized spacial score (nSPS) is 11.2. The summed E-state index contributed by atoms with van der Waals surface area (Å²) in [5, 5.41) is 12.5. The van der Waals surface area contributed by atoms with Gasteiger partial charge in [0.15, 0.2) is 0 Å². The van der Waals surface area contributed by atoms with Crippen LogP contribution in [-0.4, -0.2) is 15.1 Å². The molecule has 25 heavy (non-hydrogen) atoms. The van der Waals surface area contributed by atoms with Crippen molar-refractivity contribution in [2.24, 2.45) is 0 Å². The monoisotopic (exact) mass is 350 g/mol. The fourth-order valence-electron chi connectivity index (χ4n) is 2.78. The van der Waals surface area contributed by atoms with Crippen LogP contribution < -0.4 is 5.63 Å². The minimum absolute atomic E-state index is 0.113. The molecular weight excluding hydrogens is 336 g/mol. The summed E-state index contributed by atoms with van der Waals surface area (Å²) in [6.07, 6.45) is 1.55. The van der Waals surface area contributed by atoms with Gasteiger partial charge in [0, 0.05) is 28.2 Å². The molecule has 6 heteroatoms. The number of thioether (sulfide) groups is 1. The fraction of sp³-hybridized carbons (Fsp3) is 0.105. The summed E-state index contributed by atoms with van der Waals surface area (Å²) >= 11 is 1.54. The van der Waals surface area contributed by atoms with Crippen molar-refractivity contribution in [2.75, 3.05) is 0 Å². The fourth-order valence-corrected chi connectivity index (χ4v) is 3.76. The van der Waals surface area contributed by atoms with Gasteiger partial charge in [0.25, 0.3) is 0 Å². The number of hydrogen-bond donors (Lipinski definition) is 1. The molecule has 0 aliphatic heterocycles. The molecule has 0 fully saturated rings. The number of aromatic nitrogens is 2. The second-order valence-corrected chi connectivity index (χ2v) is 6.63. The second kappa shape index (κ2) is 6.22. The Labute approximate surface area is 147 Å². The van der Waals surface area contributed by atoms with Crippen LogP contribution in [0.5, 0.6) is 5.75 Å². The lowest BCUT2D eigenvalue weighted by Crippen LogP contribution is -2.01. The van der Waals surface area contributed by atoms with Crippen LogP contribution in [0.15, 0.2) is 63.0 Å². The smallest absolute Gasteiger partial charge is 0.336 e. The van der Waals surface area contributed by atoms with Gasteiger partial charge in [0.05, 0.1) is 5.52 Å². The lowest BCUT2D eigenvalue weighted by Gasteiger charge is -2.09. The molecule has 0 bridgehead atoms. The molecule has 1 N–H and O–H groups in total. The molecule has 0 amide bonds. The quantitative estimate of drug-likeness (QED) is 0.341. The van der Waals surface area contributed by atoms with E-state index >= 15 is 0 Å². The Balaban J connectivity index is 1.76. The van der Waals surface area contributed by atoms with Crippen molar-refractivity contribution in [3.63, 3.8) is 0 Å². The van der Waals surface area contributed by atoms with Crippen molar-refractivity contribution >= 4 is 33.6 Å². The number of rotatable bonds is 3. The summed E-state index contributed by atoms with van der Waals surface area (Å²) in [4.78, 5) is 20.5. The van der Waals surface area contributed by atoms with Crippen LogP contribution in [-0.2, 0) is 5.75 Å². The first-order valence-electron chi connectivity index (χ1n) is 7.71. The lowest BCUT2D eigenvalue weighted by molar-refractivity contribution is 0.468. The zero-order valence-electron chi connectivity index (χ0n) is 13.4. The molecule has 0 atom stereocenters. The maximum atomic E-state index is 11.9. The van der Waals surface area contributed by atoms with Gasteiger partial charge in [-0.25, -0.2) is 14.8 Å². The maximum Gasteiger partial charge on any atom is 0.336 e. The molecule has 2 aromatic heterocycles. The average Bonchev–Trinajstić information content (AvgIpc) is 2.63. The molecule has 2 heterocycles. The van der Waals surface area contributed by atoms with Gasteiger partial charge in [-0.15, -0.1) is 11.8 Å². The third-order valence-corrected chi connectivity index (χ3v) is 5.14. The number of aryl methyl sites for hydroxylation is 1. The highest BCUT2D eigenvalue weighted by atomic mass is 32.2. The summed E-state index contributed by atoms with van der Waals surface area (Å²) < 4.78 is 5.29. The molecule has 0 saturated heterocycles. The summed E-state index contributed by atoms with van der Waals surface area (Å²) in [6.45, 7) is 1.73. The van der Waals surface area contributed by atoms with E-state index in [2.05, 4.69) is 9.97 Å². The number of hydrogen-bond acceptors (Lipinski definition) is 6. The molecule has 0 saturated carbocycles. The number of benzene rings is 2. The standard InChI is InChI=1S/C19H14N2O3S/c1-11-16(22)7-6-13-12(8-17(23)24-18(11)13)9-25-19-14-4-2-3-5-15(14)20-10-21-19/h2-8,10,22H,9H2,1H3. The first-order valence-corrected chi connectivity index (χ1v) is 8.70. The third kappa shape index (κ3) is 2.85. The molecule has 4 aromatic rings. The van der Waals surface area contributed by atoms with E-state index < -0.39 is 5.63 Å². The number of phenols is 1. The van der Waals surface area contributed by atoms with Crippen LogP contribution in [0.3, 0.4) is 0 Å². The number of aromatic hydroxyl groups is 1. The summed E-state index contributed by atoms with van der Waals surface area (Å²) in [5.41, 5.74) is 2.30. The predicted octanol–water partition coefficient (Wildman–Crippen LogP) is 4.04. The summed E-state index contributed by atoms with van der Waals surface area (Å²) in [7, 11) is 0. The molecule has 0 aliphatic carbocycles. The molecule has 5 nitrogen and oxygen atoms in total. The summed E-state index contributed by atoms with van der Waals surface area (Å²) in [6, 6.07) is 12.7. The van der Waals surface area contributed by atoms with Gasteiger partial charge < -0.3 is 9.52 Å². The highest BCUT2D eigenvalue weighted by Crippen LogP contribution is 2.32. The van der Waals surface area contributed by atoms with Crippen LogP contribution in [0, 0.1) is 6.92 Å². The van der Waals surface area contributed by atoms with Crippen molar-refractivity contribution in [1.82, 2.24) is 9.97 Å². The molecule has 0 radical (unpaired) electrons. The van der Waals surface area contributed by atoms with Gasteiger partial charge >= 0.3 is 5.63 Å². The average molecular weight is 350 g/mol. The minimum Gasteiger partial charge on any atom is -0.508 e. The van der Waals surface area contributed by atoms with Gasteiger partial charge in [-0.3, -0.25) is 0 Å². The molecule has 0 aliphatic rings. The second-order valence-electron chi connectivity index (χ2n) is 5.66. The zero-order valence-corrected chi connectivity index (χ0v) is 14.2. The molecule has 2 aromatic carbocycles. The van der Waals surface area contributed by atoms with Crippen molar-refractivity contribution in [3.05, 3.63) is 70.3 Å². The van der Waals surface area contributed by atoms with Crippen molar-refractivity contribution in [2.45, 2.75) is 17.7 Å². The van der Waals surface area contributed by atoms with Crippen molar-refractivity contribution in [3.8, 4) is 5.75 Å². The first-order chi connectivity index (χ1) is 12.1. The highest BCUT2D eigenvalue weighted by molar-refractivity contribution is 7.98. The minimum atomic E-state index is -0.427. The molecule has 4 rings (SSSR count). The predicted molar refractivity (Wildman–Crippen MR) is 98.0 cm³/mol. The maximum absolute atomic E-state index is 11.9. The van der Waals surface area contributed by atoms with Crippen molar-refractivity contribution in [1.29, 1.82) is 0 Å². The van der Waals surface area contributed by atoms with Gasteiger partial charge in [-0.2, -0.15) is 0 Å². The molecule has 0 spiro atoms. The van der Waals surface area contributed by atoms with Gasteiger partial charge in [-0.05, 0) is 30.7 Å². The zero-order chi connectivity index (χ0) is 17.4. The summed E-state index contributed by atoms with van der Waals surface area (Å²) in [5.74, 6) is 0.676. The van der Waals surface area contributed by atoms with Crippen molar-refractivity contribution < 1.29 is 9.52 Å². The first kappa shape index (κ1) is 15.7. The Morgan fingerprint density at radius 3 is 2.84 bits per heavy atom. The highest BCUT2D eigenvalue weighted by Gasteiger charge is 2.12. The SMILES string of the molecule is Cc1c(O)ccc2c(CSc3ncnc4ccccc34)cc(=O)oc12. The number of phenolic OH excluding ortho intramolecular Hbond substituents is 1. The van der Waals surface area contributed by atoms with Crippen LogP contribution in [0.25, 0.3) is 21.9 Å². The Morgan fingerprint density at radius 2 is 1.96 bits per heavy atom. The van der Waals surface area contributed by atoms with E-state index in [0.29, 0.717) is 16.9 Å². The van der Waals surface area contributed by atoms with Crippen LogP contribution in [0.1, 0.15) is 11.1 Å². The molecule has 124 valence electrons. The Bertz CT molecular complexity index is 1150. The van der Waals surface area contributed by atoms with Gasteiger partial charge in [0.1, 0.15) is 22.7 Å². The van der Waals surface area contributed by atoms with E-state index in [4.69, 9.17) is 4.42 Å².